The van der Waals surface area contributed by atoms with Crippen LogP contribution in [0.4, 0.5) is 0 Å². The smallest absolute Gasteiger partial charge is 0.288 e. The van der Waals surface area contributed by atoms with Gasteiger partial charge in [-0.25, -0.2) is 0 Å². The number of benzene rings is 2. The van der Waals surface area contributed by atoms with Crippen LogP contribution in [0, 0.1) is 0 Å². The van der Waals surface area contributed by atoms with Gasteiger partial charge in [0, 0.05) is 25.4 Å². The molecule has 0 aliphatic carbocycles. The van der Waals surface area contributed by atoms with Crippen molar-refractivity contribution < 1.29 is 19.4 Å². The molecular weight excluding hydrogens is 342 g/mol. The van der Waals surface area contributed by atoms with Gasteiger partial charge in [0.25, 0.3) is 5.91 Å². The minimum atomic E-state index is -0.475. The lowest BCUT2D eigenvalue weighted by Gasteiger charge is -2.29. The van der Waals surface area contributed by atoms with Gasteiger partial charge >= 0.3 is 0 Å². The summed E-state index contributed by atoms with van der Waals surface area (Å²) in [7, 11) is 0. The summed E-state index contributed by atoms with van der Waals surface area (Å²) in [5.41, 5.74) is 3.02. The van der Waals surface area contributed by atoms with E-state index >= 15 is 0 Å². The van der Waals surface area contributed by atoms with Crippen LogP contribution >= 0.6 is 0 Å². The highest BCUT2D eigenvalue weighted by Crippen LogP contribution is 2.33. The predicted octanol–water partition coefficient (Wildman–Crippen LogP) is 2.95. The molecule has 0 aromatic heterocycles. The number of allylic oxidation sites excluding steroid dienone is 1. The van der Waals surface area contributed by atoms with Crippen LogP contribution in [0.2, 0.25) is 0 Å². The Labute approximate surface area is 158 Å². The first-order chi connectivity index (χ1) is 13.2. The van der Waals surface area contributed by atoms with Gasteiger partial charge in [0.2, 0.25) is 6.29 Å². The number of aliphatic hydroxyl groups is 1. The molecule has 2 atom stereocenters. The van der Waals surface area contributed by atoms with Crippen LogP contribution < -0.4 is 0 Å². The molecule has 0 spiro atoms. The normalized spacial score (nSPS) is 21.4. The van der Waals surface area contributed by atoms with Crippen LogP contribution in [0.1, 0.15) is 29.0 Å². The number of hydrogen-bond acceptors (Lipinski definition) is 4. The first kappa shape index (κ1) is 17.8. The summed E-state index contributed by atoms with van der Waals surface area (Å²) in [6.07, 6.45) is 2.11. The van der Waals surface area contributed by atoms with Crippen molar-refractivity contribution in [3.63, 3.8) is 0 Å². The van der Waals surface area contributed by atoms with Crippen molar-refractivity contribution in [1.82, 2.24) is 4.90 Å². The standard InChI is InChI=1S/C22H23NO4/c24-14-16-6-8-17(9-7-16)15-26-21-13-19(18-4-2-1-3-5-18)12-20(27-21)22(25)23-10-11-23/h1-9,12,19,21,24H,10-11,13-15H2/t19-,21+/m1/s1. The van der Waals surface area contributed by atoms with Crippen molar-refractivity contribution in [3.8, 4) is 0 Å². The lowest BCUT2D eigenvalue weighted by atomic mass is 9.93. The number of amides is 1. The zero-order valence-electron chi connectivity index (χ0n) is 15.1. The van der Waals surface area contributed by atoms with Gasteiger partial charge in [0.05, 0.1) is 13.2 Å². The molecule has 0 bridgehead atoms. The Hall–Kier alpha value is -2.63. The quantitative estimate of drug-likeness (QED) is 0.800. The van der Waals surface area contributed by atoms with Gasteiger partial charge in [0.1, 0.15) is 0 Å². The molecule has 0 saturated carbocycles. The Kier molecular flexibility index (Phi) is 5.23. The van der Waals surface area contributed by atoms with Gasteiger partial charge in [-0.2, -0.15) is 0 Å². The Morgan fingerprint density at radius 3 is 2.44 bits per heavy atom. The molecule has 5 nitrogen and oxygen atoms in total. The van der Waals surface area contributed by atoms with E-state index in [1.165, 1.54) is 0 Å². The SMILES string of the molecule is O=C(C1=C[C@@H](c2ccccc2)C[C@@H](OCc2ccc(CO)cc2)O1)N1CC1. The monoisotopic (exact) mass is 365 g/mol. The Morgan fingerprint density at radius 1 is 1.07 bits per heavy atom. The van der Waals surface area contributed by atoms with E-state index in [9.17, 15) is 4.79 Å². The fraction of sp³-hybridized carbons (Fsp3) is 0.318. The highest BCUT2D eigenvalue weighted by molar-refractivity contribution is 5.93. The number of nitrogens with zero attached hydrogens (tertiary/aromatic N) is 1. The molecule has 27 heavy (non-hydrogen) atoms. The summed E-state index contributed by atoms with van der Waals surface area (Å²) < 4.78 is 11.9. The van der Waals surface area contributed by atoms with E-state index in [0.717, 1.165) is 29.8 Å². The second kappa shape index (κ2) is 7.94. The van der Waals surface area contributed by atoms with Crippen molar-refractivity contribution >= 4 is 5.91 Å². The Bertz CT molecular complexity index is 812. The molecule has 1 saturated heterocycles. The van der Waals surface area contributed by atoms with E-state index < -0.39 is 6.29 Å². The molecule has 0 unspecified atom stereocenters. The van der Waals surface area contributed by atoms with E-state index in [-0.39, 0.29) is 18.4 Å². The van der Waals surface area contributed by atoms with E-state index in [4.69, 9.17) is 14.6 Å². The number of rotatable bonds is 6. The fourth-order valence-corrected chi connectivity index (χ4v) is 3.18. The third kappa shape index (κ3) is 4.38. The summed E-state index contributed by atoms with van der Waals surface area (Å²) >= 11 is 0. The molecule has 2 heterocycles. The molecule has 1 N–H and O–H groups in total. The lowest BCUT2D eigenvalue weighted by molar-refractivity contribution is -0.152. The maximum Gasteiger partial charge on any atom is 0.288 e. The van der Waals surface area contributed by atoms with E-state index in [0.29, 0.717) is 18.8 Å². The third-order valence-corrected chi connectivity index (χ3v) is 4.87. The van der Waals surface area contributed by atoms with Crippen LogP contribution in [0.15, 0.2) is 66.4 Å². The molecule has 1 amide bonds. The molecule has 140 valence electrons. The van der Waals surface area contributed by atoms with Crippen molar-refractivity contribution in [2.24, 2.45) is 0 Å². The minimum Gasteiger partial charge on any atom is -0.459 e. The van der Waals surface area contributed by atoms with E-state index in [2.05, 4.69) is 12.1 Å². The zero-order valence-corrected chi connectivity index (χ0v) is 15.1. The lowest BCUT2D eigenvalue weighted by Crippen LogP contribution is -2.29. The van der Waals surface area contributed by atoms with Gasteiger partial charge in [0.15, 0.2) is 5.76 Å². The number of aliphatic hydroxyl groups excluding tert-OH is 1. The zero-order chi connectivity index (χ0) is 18.6. The highest BCUT2D eigenvalue weighted by atomic mass is 16.7. The molecule has 2 aliphatic heterocycles. The molecule has 1 fully saturated rings. The van der Waals surface area contributed by atoms with Crippen molar-refractivity contribution in [2.75, 3.05) is 13.1 Å². The van der Waals surface area contributed by atoms with E-state index in [1.807, 2.05) is 48.5 Å². The van der Waals surface area contributed by atoms with Crippen molar-refractivity contribution in [3.05, 3.63) is 83.1 Å². The van der Waals surface area contributed by atoms with Gasteiger partial charge in [-0.3, -0.25) is 4.79 Å². The van der Waals surface area contributed by atoms with Crippen LogP contribution in [-0.4, -0.2) is 35.3 Å². The van der Waals surface area contributed by atoms with Crippen LogP contribution in [0.5, 0.6) is 0 Å². The fourth-order valence-electron chi connectivity index (χ4n) is 3.18. The van der Waals surface area contributed by atoms with Crippen LogP contribution in [-0.2, 0) is 27.5 Å². The molecule has 2 aromatic carbocycles. The first-order valence-corrected chi connectivity index (χ1v) is 9.26. The summed E-state index contributed by atoms with van der Waals surface area (Å²) in [6, 6.07) is 17.7. The second-order valence-electron chi connectivity index (χ2n) is 6.91. The molecule has 4 rings (SSSR count). The topological polar surface area (TPSA) is 58.8 Å². The molecule has 2 aromatic rings. The summed E-state index contributed by atoms with van der Waals surface area (Å²) in [5, 5.41) is 9.14. The third-order valence-electron chi connectivity index (χ3n) is 4.87. The average Bonchev–Trinajstić information content (AvgIpc) is 3.58. The molecule has 0 radical (unpaired) electrons. The molecule has 5 heteroatoms. The van der Waals surface area contributed by atoms with E-state index in [1.54, 1.807) is 4.90 Å². The Balaban J connectivity index is 1.47. The van der Waals surface area contributed by atoms with Crippen molar-refractivity contribution in [2.45, 2.75) is 31.8 Å². The first-order valence-electron chi connectivity index (χ1n) is 9.26. The van der Waals surface area contributed by atoms with Gasteiger partial charge < -0.3 is 19.5 Å². The molecule has 2 aliphatic rings. The predicted molar refractivity (Wildman–Crippen MR) is 100 cm³/mol. The second-order valence-corrected chi connectivity index (χ2v) is 6.91. The van der Waals surface area contributed by atoms with Crippen molar-refractivity contribution in [1.29, 1.82) is 0 Å². The maximum absolute atomic E-state index is 12.5. The average molecular weight is 365 g/mol. The van der Waals surface area contributed by atoms with Gasteiger partial charge in [-0.1, -0.05) is 54.6 Å². The summed E-state index contributed by atoms with van der Waals surface area (Å²) in [4.78, 5) is 14.2. The maximum atomic E-state index is 12.5. The number of hydrogen-bond donors (Lipinski definition) is 1. The van der Waals surface area contributed by atoms with Gasteiger partial charge in [-0.05, 0) is 22.8 Å². The minimum absolute atomic E-state index is 0.0262. The largest absolute Gasteiger partial charge is 0.459 e. The summed E-state index contributed by atoms with van der Waals surface area (Å²) in [6.45, 7) is 2.00. The number of ether oxygens (including phenoxy) is 2. The van der Waals surface area contributed by atoms with Crippen LogP contribution in [0.3, 0.4) is 0 Å². The van der Waals surface area contributed by atoms with Gasteiger partial charge in [-0.15, -0.1) is 0 Å². The molecular formula is C22H23NO4. The highest BCUT2D eigenvalue weighted by Gasteiger charge is 2.34. The number of carbonyl (C=O) groups is 1. The Morgan fingerprint density at radius 2 is 1.78 bits per heavy atom. The van der Waals surface area contributed by atoms with Crippen LogP contribution in [0.25, 0.3) is 0 Å². The summed E-state index contributed by atoms with van der Waals surface area (Å²) in [5.74, 6) is 0.408. The number of carbonyl (C=O) groups excluding carboxylic acids is 1.